The predicted molar refractivity (Wildman–Crippen MR) is 70.4 cm³/mol. The summed E-state index contributed by atoms with van der Waals surface area (Å²) in [7, 11) is 0. The van der Waals surface area contributed by atoms with Crippen LogP contribution in [0.1, 0.15) is 27.2 Å². The van der Waals surface area contributed by atoms with Crippen LogP contribution >= 0.6 is 22.9 Å². The first-order valence-corrected chi connectivity index (χ1v) is 6.46. The molecule has 0 spiro atoms. The standard InChI is InChI=1S/C11H14ClN3S/c1-4-11(2,3)15-8-7-5-6-16-9(7)14-10(12)13-8/h5-6H,4H2,1-3H3,(H,13,14,15). The van der Waals surface area contributed by atoms with Crippen molar-refractivity contribution in [3.8, 4) is 0 Å². The average molecular weight is 256 g/mol. The van der Waals surface area contributed by atoms with Crippen LogP contribution in [0.2, 0.25) is 5.28 Å². The molecule has 16 heavy (non-hydrogen) atoms. The number of aromatic nitrogens is 2. The molecule has 0 unspecified atom stereocenters. The lowest BCUT2D eigenvalue weighted by Crippen LogP contribution is -2.30. The van der Waals surface area contributed by atoms with E-state index in [1.165, 1.54) is 0 Å². The monoisotopic (exact) mass is 255 g/mol. The van der Waals surface area contributed by atoms with Crippen molar-refractivity contribution in [2.45, 2.75) is 32.7 Å². The number of rotatable bonds is 3. The molecule has 0 aliphatic heterocycles. The summed E-state index contributed by atoms with van der Waals surface area (Å²) in [4.78, 5) is 9.37. The lowest BCUT2D eigenvalue weighted by molar-refractivity contribution is 0.545. The Morgan fingerprint density at radius 2 is 2.19 bits per heavy atom. The number of nitrogens with one attached hydrogen (secondary N) is 1. The van der Waals surface area contributed by atoms with Gasteiger partial charge in [0, 0.05) is 5.54 Å². The maximum Gasteiger partial charge on any atom is 0.225 e. The highest BCUT2D eigenvalue weighted by Crippen LogP contribution is 2.28. The highest BCUT2D eigenvalue weighted by molar-refractivity contribution is 7.16. The Bertz CT molecular complexity index is 507. The van der Waals surface area contributed by atoms with Crippen molar-refractivity contribution in [3.05, 3.63) is 16.7 Å². The summed E-state index contributed by atoms with van der Waals surface area (Å²) in [6, 6.07) is 2.02. The molecule has 0 aromatic carbocycles. The Labute approximate surface area is 104 Å². The van der Waals surface area contributed by atoms with E-state index >= 15 is 0 Å². The van der Waals surface area contributed by atoms with Crippen LogP contribution in [0.15, 0.2) is 11.4 Å². The van der Waals surface area contributed by atoms with Gasteiger partial charge in [-0.15, -0.1) is 11.3 Å². The first-order chi connectivity index (χ1) is 7.52. The van der Waals surface area contributed by atoms with Crippen LogP contribution in [0.25, 0.3) is 10.2 Å². The van der Waals surface area contributed by atoms with Crippen LogP contribution in [-0.4, -0.2) is 15.5 Å². The molecular formula is C11H14ClN3S. The number of hydrogen-bond acceptors (Lipinski definition) is 4. The van der Waals surface area contributed by atoms with Crippen molar-refractivity contribution >= 4 is 39.0 Å². The van der Waals surface area contributed by atoms with E-state index in [2.05, 4.69) is 36.1 Å². The summed E-state index contributed by atoms with van der Waals surface area (Å²) < 4.78 is 0. The number of thiophene rings is 1. The van der Waals surface area contributed by atoms with Gasteiger partial charge in [0.25, 0.3) is 0 Å². The summed E-state index contributed by atoms with van der Waals surface area (Å²) in [6.45, 7) is 6.42. The Morgan fingerprint density at radius 3 is 2.88 bits per heavy atom. The largest absolute Gasteiger partial charge is 0.365 e. The van der Waals surface area contributed by atoms with Crippen LogP contribution in [0, 0.1) is 0 Å². The van der Waals surface area contributed by atoms with Crippen molar-refractivity contribution in [1.29, 1.82) is 0 Å². The zero-order valence-electron chi connectivity index (χ0n) is 9.54. The van der Waals surface area contributed by atoms with Gasteiger partial charge in [-0.3, -0.25) is 0 Å². The van der Waals surface area contributed by atoms with E-state index in [0.29, 0.717) is 5.28 Å². The number of halogens is 1. The van der Waals surface area contributed by atoms with E-state index in [0.717, 1.165) is 22.5 Å². The van der Waals surface area contributed by atoms with Crippen LogP contribution in [-0.2, 0) is 0 Å². The second-order valence-electron chi connectivity index (χ2n) is 4.34. The SMILES string of the molecule is CCC(C)(C)Nc1nc(Cl)nc2sccc12. The van der Waals surface area contributed by atoms with Gasteiger partial charge >= 0.3 is 0 Å². The van der Waals surface area contributed by atoms with Crippen molar-refractivity contribution in [2.75, 3.05) is 5.32 Å². The molecule has 0 bridgehead atoms. The molecule has 2 rings (SSSR count). The molecule has 1 N–H and O–H groups in total. The van der Waals surface area contributed by atoms with Gasteiger partial charge in [0.15, 0.2) is 0 Å². The number of nitrogens with zero attached hydrogens (tertiary/aromatic N) is 2. The Hall–Kier alpha value is -0.870. The highest BCUT2D eigenvalue weighted by atomic mass is 35.5. The fourth-order valence-electron chi connectivity index (χ4n) is 1.33. The van der Waals surface area contributed by atoms with E-state index in [4.69, 9.17) is 11.6 Å². The third kappa shape index (κ3) is 2.28. The van der Waals surface area contributed by atoms with Crippen molar-refractivity contribution in [2.24, 2.45) is 0 Å². The summed E-state index contributed by atoms with van der Waals surface area (Å²) >= 11 is 7.47. The number of fused-ring (bicyclic) bond motifs is 1. The molecule has 3 nitrogen and oxygen atoms in total. The molecule has 0 saturated carbocycles. The fraction of sp³-hybridized carbons (Fsp3) is 0.455. The van der Waals surface area contributed by atoms with Crippen LogP contribution in [0.3, 0.4) is 0 Å². The topological polar surface area (TPSA) is 37.8 Å². The lowest BCUT2D eigenvalue weighted by Gasteiger charge is -2.25. The smallest absolute Gasteiger partial charge is 0.225 e. The summed E-state index contributed by atoms with van der Waals surface area (Å²) in [5.74, 6) is 0.822. The maximum atomic E-state index is 5.90. The van der Waals surface area contributed by atoms with Crippen molar-refractivity contribution in [1.82, 2.24) is 9.97 Å². The lowest BCUT2D eigenvalue weighted by atomic mass is 10.0. The van der Waals surface area contributed by atoms with E-state index in [-0.39, 0.29) is 5.54 Å². The molecule has 0 aliphatic rings. The molecule has 0 amide bonds. The Balaban J connectivity index is 2.47. The zero-order valence-corrected chi connectivity index (χ0v) is 11.1. The first-order valence-electron chi connectivity index (χ1n) is 5.21. The molecule has 0 saturated heterocycles. The van der Waals surface area contributed by atoms with E-state index in [9.17, 15) is 0 Å². The van der Waals surface area contributed by atoms with Crippen LogP contribution in [0.4, 0.5) is 5.82 Å². The normalized spacial score (nSPS) is 12.0. The molecule has 0 aliphatic carbocycles. The number of anilines is 1. The van der Waals surface area contributed by atoms with Gasteiger partial charge in [0.05, 0.1) is 5.39 Å². The van der Waals surface area contributed by atoms with E-state index in [1.807, 2.05) is 11.4 Å². The summed E-state index contributed by atoms with van der Waals surface area (Å²) in [6.07, 6.45) is 1.01. The van der Waals surface area contributed by atoms with Crippen molar-refractivity contribution < 1.29 is 0 Å². The molecule has 0 radical (unpaired) electrons. The van der Waals surface area contributed by atoms with Gasteiger partial charge in [-0.25, -0.2) is 9.97 Å². The number of hydrogen-bond donors (Lipinski definition) is 1. The second kappa shape index (κ2) is 4.18. The zero-order chi connectivity index (χ0) is 11.8. The third-order valence-corrected chi connectivity index (χ3v) is 3.61. The molecule has 0 fully saturated rings. The molecule has 0 atom stereocenters. The van der Waals surface area contributed by atoms with Crippen LogP contribution < -0.4 is 5.32 Å². The minimum Gasteiger partial charge on any atom is -0.365 e. The van der Waals surface area contributed by atoms with E-state index in [1.54, 1.807) is 11.3 Å². The van der Waals surface area contributed by atoms with Crippen LogP contribution in [0.5, 0.6) is 0 Å². The summed E-state index contributed by atoms with van der Waals surface area (Å²) in [5, 5.41) is 6.74. The molecule has 2 aromatic heterocycles. The fourth-order valence-corrected chi connectivity index (χ4v) is 2.32. The third-order valence-electron chi connectivity index (χ3n) is 2.64. The molecule has 2 aromatic rings. The first kappa shape index (κ1) is 11.6. The van der Waals surface area contributed by atoms with Gasteiger partial charge in [0.1, 0.15) is 10.6 Å². The quantitative estimate of drug-likeness (QED) is 0.844. The Kier molecular flexibility index (Phi) is 3.04. The highest BCUT2D eigenvalue weighted by Gasteiger charge is 2.17. The minimum absolute atomic E-state index is 0.00650. The average Bonchev–Trinajstić information content (AvgIpc) is 2.65. The Morgan fingerprint density at radius 1 is 1.44 bits per heavy atom. The van der Waals surface area contributed by atoms with Gasteiger partial charge in [0.2, 0.25) is 5.28 Å². The minimum atomic E-state index is 0.00650. The predicted octanol–water partition coefficient (Wildman–Crippen LogP) is 3.95. The maximum absolute atomic E-state index is 5.90. The van der Waals surface area contributed by atoms with Gasteiger partial charge in [-0.1, -0.05) is 6.92 Å². The summed E-state index contributed by atoms with van der Waals surface area (Å²) in [5.41, 5.74) is 0.00650. The molecule has 5 heteroatoms. The molecule has 2 heterocycles. The van der Waals surface area contributed by atoms with Gasteiger partial charge in [-0.05, 0) is 43.3 Å². The van der Waals surface area contributed by atoms with Gasteiger partial charge in [-0.2, -0.15) is 0 Å². The van der Waals surface area contributed by atoms with E-state index < -0.39 is 0 Å². The second-order valence-corrected chi connectivity index (χ2v) is 5.58. The van der Waals surface area contributed by atoms with Crippen molar-refractivity contribution in [3.63, 3.8) is 0 Å². The van der Waals surface area contributed by atoms with Gasteiger partial charge < -0.3 is 5.32 Å². The molecule has 86 valence electrons. The molecular weight excluding hydrogens is 242 g/mol.